The van der Waals surface area contributed by atoms with Gasteiger partial charge in [-0.3, -0.25) is 9.10 Å². The Morgan fingerprint density at radius 1 is 0.923 bits per heavy atom. The number of rotatable bonds is 5. The maximum atomic E-state index is 13.3. The number of Topliss-reactive ketones (excluding diaryl/α,β-unsaturated/α-hetero) is 1. The third-order valence-electron chi connectivity index (χ3n) is 4.25. The van der Waals surface area contributed by atoms with E-state index in [4.69, 9.17) is 14.2 Å². The highest BCUT2D eigenvalue weighted by atomic mass is 32.2. The molecular formula is C18H19NO6S. The molecule has 3 rings (SSSR count). The average molecular weight is 377 g/mol. The Bertz CT molecular complexity index is 954. The molecule has 2 aromatic carbocycles. The highest BCUT2D eigenvalue weighted by Gasteiger charge is 2.34. The quantitative estimate of drug-likeness (QED) is 0.796. The van der Waals surface area contributed by atoms with Gasteiger partial charge in [0.25, 0.3) is 10.0 Å². The van der Waals surface area contributed by atoms with Crippen molar-refractivity contribution >= 4 is 21.5 Å². The lowest BCUT2D eigenvalue weighted by atomic mass is 10.0. The van der Waals surface area contributed by atoms with Crippen molar-refractivity contribution in [2.24, 2.45) is 0 Å². The standard InChI is InChI=1S/C18H19NO6S/c1-23-12-4-6-15-14(10-12)16(20)8-9-19(15)26(21,22)18-11-13(24-2)5-7-17(18)25-3/h4-7,10-11H,8-9H2,1-3H3. The monoisotopic (exact) mass is 377 g/mol. The minimum atomic E-state index is -3.96. The Morgan fingerprint density at radius 2 is 1.58 bits per heavy atom. The van der Waals surface area contributed by atoms with Crippen LogP contribution >= 0.6 is 0 Å². The van der Waals surface area contributed by atoms with Crippen LogP contribution in [0.15, 0.2) is 41.3 Å². The van der Waals surface area contributed by atoms with Crippen LogP contribution in [0, 0.1) is 0 Å². The molecule has 0 aromatic heterocycles. The van der Waals surface area contributed by atoms with E-state index in [0.717, 1.165) is 0 Å². The van der Waals surface area contributed by atoms with Crippen molar-refractivity contribution in [2.45, 2.75) is 11.3 Å². The summed E-state index contributed by atoms with van der Waals surface area (Å²) in [5.74, 6) is 0.975. The molecule has 7 nitrogen and oxygen atoms in total. The maximum Gasteiger partial charge on any atom is 0.268 e. The van der Waals surface area contributed by atoms with Crippen molar-refractivity contribution in [3.8, 4) is 17.2 Å². The number of carbonyl (C=O) groups is 1. The van der Waals surface area contributed by atoms with Gasteiger partial charge in [-0.1, -0.05) is 0 Å². The zero-order valence-electron chi connectivity index (χ0n) is 14.7. The van der Waals surface area contributed by atoms with Crippen molar-refractivity contribution in [1.82, 2.24) is 0 Å². The van der Waals surface area contributed by atoms with Crippen LogP contribution in [0.25, 0.3) is 0 Å². The van der Waals surface area contributed by atoms with E-state index in [9.17, 15) is 13.2 Å². The van der Waals surface area contributed by atoms with Crippen LogP contribution in [0.3, 0.4) is 0 Å². The smallest absolute Gasteiger partial charge is 0.268 e. The molecule has 0 saturated heterocycles. The van der Waals surface area contributed by atoms with Crippen LogP contribution in [0.1, 0.15) is 16.8 Å². The first-order valence-electron chi connectivity index (χ1n) is 7.88. The Labute approximate surface area is 152 Å². The summed E-state index contributed by atoms with van der Waals surface area (Å²) in [4.78, 5) is 12.2. The summed E-state index contributed by atoms with van der Waals surface area (Å²) in [6.07, 6.45) is 0.0890. The number of hydrogen-bond donors (Lipinski definition) is 0. The third-order valence-corrected chi connectivity index (χ3v) is 6.09. The molecule has 0 unspecified atom stereocenters. The van der Waals surface area contributed by atoms with Gasteiger partial charge in [0.05, 0.1) is 27.0 Å². The van der Waals surface area contributed by atoms with E-state index < -0.39 is 10.0 Å². The van der Waals surface area contributed by atoms with Gasteiger partial charge in [0.2, 0.25) is 0 Å². The number of ketones is 1. The summed E-state index contributed by atoms with van der Waals surface area (Å²) in [5.41, 5.74) is 0.646. The van der Waals surface area contributed by atoms with Gasteiger partial charge in [0, 0.05) is 24.6 Å². The molecule has 0 atom stereocenters. The van der Waals surface area contributed by atoms with Crippen LogP contribution < -0.4 is 18.5 Å². The van der Waals surface area contributed by atoms with Crippen LogP contribution in [-0.4, -0.2) is 42.1 Å². The van der Waals surface area contributed by atoms with Crippen molar-refractivity contribution in [1.29, 1.82) is 0 Å². The molecular weight excluding hydrogens is 358 g/mol. The molecule has 0 bridgehead atoms. The maximum absolute atomic E-state index is 13.3. The molecule has 0 amide bonds. The first-order valence-corrected chi connectivity index (χ1v) is 9.32. The lowest BCUT2D eigenvalue weighted by molar-refractivity contribution is 0.0981. The first kappa shape index (κ1) is 18.1. The second-order valence-corrected chi connectivity index (χ2v) is 7.48. The summed E-state index contributed by atoms with van der Waals surface area (Å²) in [5, 5.41) is 0. The van der Waals surface area contributed by atoms with E-state index in [0.29, 0.717) is 22.7 Å². The normalized spacial score (nSPS) is 14.0. The summed E-state index contributed by atoms with van der Waals surface area (Å²) >= 11 is 0. The number of ether oxygens (including phenoxy) is 3. The summed E-state index contributed by atoms with van der Waals surface area (Å²) < 4.78 is 43.3. The molecule has 0 radical (unpaired) electrons. The second kappa shape index (κ2) is 6.87. The molecule has 0 aliphatic carbocycles. The summed E-state index contributed by atoms with van der Waals surface area (Å²) in [7, 11) is 0.392. The van der Waals surface area contributed by atoms with Crippen molar-refractivity contribution in [2.75, 3.05) is 32.2 Å². The van der Waals surface area contributed by atoms with E-state index in [1.54, 1.807) is 24.3 Å². The molecule has 0 N–H and O–H groups in total. The van der Waals surface area contributed by atoms with Crippen molar-refractivity contribution in [3.05, 3.63) is 42.0 Å². The van der Waals surface area contributed by atoms with Gasteiger partial charge >= 0.3 is 0 Å². The Kier molecular flexibility index (Phi) is 4.78. The third kappa shape index (κ3) is 2.96. The van der Waals surface area contributed by atoms with Gasteiger partial charge in [0.1, 0.15) is 22.1 Å². The minimum Gasteiger partial charge on any atom is -0.497 e. The molecule has 1 aliphatic rings. The fourth-order valence-corrected chi connectivity index (χ4v) is 4.55. The number of carbonyl (C=O) groups excluding carboxylic acids is 1. The van der Waals surface area contributed by atoms with Crippen LogP contribution in [0.2, 0.25) is 0 Å². The van der Waals surface area contributed by atoms with E-state index in [2.05, 4.69) is 0 Å². The van der Waals surface area contributed by atoms with Gasteiger partial charge in [-0.25, -0.2) is 8.42 Å². The highest BCUT2D eigenvalue weighted by molar-refractivity contribution is 7.93. The average Bonchev–Trinajstić information content (AvgIpc) is 2.67. The van der Waals surface area contributed by atoms with Gasteiger partial charge in [-0.05, 0) is 30.3 Å². The largest absolute Gasteiger partial charge is 0.497 e. The van der Waals surface area contributed by atoms with Crippen LogP contribution in [0.4, 0.5) is 5.69 Å². The molecule has 2 aromatic rings. The minimum absolute atomic E-state index is 0.0181. The first-order chi connectivity index (χ1) is 12.4. The fraction of sp³-hybridized carbons (Fsp3) is 0.278. The van der Waals surface area contributed by atoms with Gasteiger partial charge in [0.15, 0.2) is 5.78 Å². The number of hydrogen-bond acceptors (Lipinski definition) is 6. The zero-order chi connectivity index (χ0) is 18.9. The number of benzene rings is 2. The van der Waals surface area contributed by atoms with Crippen LogP contribution in [-0.2, 0) is 10.0 Å². The number of sulfonamides is 1. The van der Waals surface area contributed by atoms with E-state index in [1.165, 1.54) is 37.8 Å². The lowest BCUT2D eigenvalue weighted by Crippen LogP contribution is -2.37. The van der Waals surface area contributed by atoms with E-state index >= 15 is 0 Å². The molecule has 8 heteroatoms. The molecule has 0 fully saturated rings. The topological polar surface area (TPSA) is 82.1 Å². The highest BCUT2D eigenvalue weighted by Crippen LogP contribution is 2.37. The summed E-state index contributed by atoms with van der Waals surface area (Å²) in [6, 6.07) is 9.33. The fourth-order valence-electron chi connectivity index (χ4n) is 2.90. The zero-order valence-corrected chi connectivity index (χ0v) is 15.5. The van der Waals surface area contributed by atoms with Gasteiger partial charge < -0.3 is 14.2 Å². The van der Waals surface area contributed by atoms with E-state index in [1.807, 2.05) is 0 Å². The SMILES string of the molecule is COc1ccc2c(c1)C(=O)CCN2S(=O)(=O)c1cc(OC)ccc1OC. The number of methoxy groups -OCH3 is 3. The van der Waals surface area contributed by atoms with E-state index in [-0.39, 0.29) is 29.4 Å². The van der Waals surface area contributed by atoms with Crippen molar-refractivity contribution in [3.63, 3.8) is 0 Å². The lowest BCUT2D eigenvalue weighted by Gasteiger charge is -2.30. The molecule has 1 heterocycles. The molecule has 1 aliphatic heterocycles. The Hall–Kier alpha value is -2.74. The molecule has 0 spiro atoms. The molecule has 0 saturated carbocycles. The predicted molar refractivity (Wildman–Crippen MR) is 96.0 cm³/mol. The predicted octanol–water partition coefficient (Wildman–Crippen LogP) is 2.49. The number of nitrogens with zero attached hydrogens (tertiary/aromatic N) is 1. The van der Waals surface area contributed by atoms with Gasteiger partial charge in [-0.2, -0.15) is 0 Å². The molecule has 26 heavy (non-hydrogen) atoms. The molecule has 138 valence electrons. The van der Waals surface area contributed by atoms with Gasteiger partial charge in [-0.15, -0.1) is 0 Å². The van der Waals surface area contributed by atoms with Crippen molar-refractivity contribution < 1.29 is 27.4 Å². The second-order valence-electron chi connectivity index (χ2n) is 5.65. The Morgan fingerprint density at radius 3 is 2.23 bits per heavy atom. The van der Waals surface area contributed by atoms with Crippen LogP contribution in [0.5, 0.6) is 17.2 Å². The Balaban J connectivity index is 2.15. The number of anilines is 1. The number of fused-ring (bicyclic) bond motifs is 1. The summed E-state index contributed by atoms with van der Waals surface area (Å²) in [6.45, 7) is 0.0564.